The monoisotopic (exact) mass is 348 g/mol. The van der Waals surface area contributed by atoms with E-state index in [2.05, 4.69) is 15.4 Å². The number of carbonyl (C=O) groups excluding carboxylic acids is 1. The van der Waals surface area contributed by atoms with Crippen LogP contribution in [0.4, 0.5) is 5.82 Å². The molecule has 1 N–H and O–H groups in total. The first-order valence-corrected chi connectivity index (χ1v) is 8.57. The van der Waals surface area contributed by atoms with Gasteiger partial charge in [-0.25, -0.2) is 0 Å². The van der Waals surface area contributed by atoms with Crippen LogP contribution in [-0.4, -0.2) is 27.3 Å². The molecule has 1 unspecified atom stereocenters. The van der Waals surface area contributed by atoms with Gasteiger partial charge in [0, 0.05) is 30.2 Å². The van der Waals surface area contributed by atoms with Crippen molar-refractivity contribution in [3.63, 3.8) is 0 Å². The van der Waals surface area contributed by atoms with Crippen molar-refractivity contribution in [3.05, 3.63) is 71.2 Å². The maximum absolute atomic E-state index is 12.7. The van der Waals surface area contributed by atoms with Crippen LogP contribution in [-0.2, 0) is 11.3 Å². The molecule has 1 aromatic carbocycles. The minimum Gasteiger partial charge on any atom is -0.492 e. The molecule has 6 nitrogen and oxygen atoms in total. The molecular formula is C20H20N4O2. The summed E-state index contributed by atoms with van der Waals surface area (Å²) >= 11 is 0. The molecule has 0 radical (unpaired) electrons. The minimum absolute atomic E-state index is 0.0961. The van der Waals surface area contributed by atoms with Crippen molar-refractivity contribution in [1.82, 2.24) is 14.8 Å². The molecule has 132 valence electrons. The summed E-state index contributed by atoms with van der Waals surface area (Å²) in [5, 5.41) is 7.33. The van der Waals surface area contributed by atoms with Crippen LogP contribution in [0.1, 0.15) is 28.2 Å². The second-order valence-corrected chi connectivity index (χ2v) is 6.58. The number of aryl methyl sites for hydroxylation is 2. The maximum Gasteiger partial charge on any atom is 0.236 e. The predicted octanol–water partition coefficient (Wildman–Crippen LogP) is 3.06. The number of nitrogens with zero attached hydrogens (tertiary/aromatic N) is 3. The average molecular weight is 348 g/mol. The standard InChI is InChI=1S/C20H20N4O2/c1-13-9-16-17(12-26-18(16)10-14(13)2)20(25)22-19-5-8-24(23-19)11-15-3-6-21-7-4-15/h3-10,17H,11-12H2,1-2H3,(H,22,23,25). The highest BCUT2D eigenvalue weighted by Gasteiger charge is 2.31. The Morgan fingerprint density at radius 2 is 2.00 bits per heavy atom. The van der Waals surface area contributed by atoms with Gasteiger partial charge in [0.25, 0.3) is 0 Å². The molecular weight excluding hydrogens is 328 g/mol. The van der Waals surface area contributed by atoms with Crippen molar-refractivity contribution in [1.29, 1.82) is 0 Å². The topological polar surface area (TPSA) is 69.0 Å². The molecule has 0 bridgehead atoms. The Morgan fingerprint density at radius 1 is 1.23 bits per heavy atom. The van der Waals surface area contributed by atoms with Crippen molar-refractivity contribution in [2.24, 2.45) is 0 Å². The van der Waals surface area contributed by atoms with Crippen LogP contribution < -0.4 is 10.1 Å². The molecule has 1 amide bonds. The Bertz CT molecular complexity index is 950. The zero-order chi connectivity index (χ0) is 18.1. The molecule has 0 spiro atoms. The van der Waals surface area contributed by atoms with Crippen LogP contribution in [0.5, 0.6) is 5.75 Å². The van der Waals surface area contributed by atoms with Crippen molar-refractivity contribution < 1.29 is 9.53 Å². The lowest BCUT2D eigenvalue weighted by molar-refractivity contribution is -0.117. The van der Waals surface area contributed by atoms with E-state index in [0.29, 0.717) is 19.0 Å². The van der Waals surface area contributed by atoms with Crippen LogP contribution in [0.3, 0.4) is 0 Å². The van der Waals surface area contributed by atoms with Crippen molar-refractivity contribution in [2.45, 2.75) is 26.3 Å². The van der Waals surface area contributed by atoms with E-state index < -0.39 is 0 Å². The summed E-state index contributed by atoms with van der Waals surface area (Å²) in [7, 11) is 0. The predicted molar refractivity (Wildman–Crippen MR) is 98.3 cm³/mol. The van der Waals surface area contributed by atoms with Crippen LogP contribution in [0.25, 0.3) is 0 Å². The fraction of sp³-hybridized carbons (Fsp3) is 0.250. The number of nitrogens with one attached hydrogen (secondary N) is 1. The third-order valence-electron chi connectivity index (χ3n) is 4.71. The quantitative estimate of drug-likeness (QED) is 0.787. The molecule has 1 atom stereocenters. The van der Waals surface area contributed by atoms with Gasteiger partial charge in [-0.1, -0.05) is 6.07 Å². The molecule has 26 heavy (non-hydrogen) atoms. The van der Waals surface area contributed by atoms with E-state index in [4.69, 9.17) is 4.74 Å². The van der Waals surface area contributed by atoms with E-state index in [9.17, 15) is 4.79 Å². The van der Waals surface area contributed by atoms with Gasteiger partial charge in [-0.15, -0.1) is 0 Å². The summed E-state index contributed by atoms with van der Waals surface area (Å²) in [4.78, 5) is 16.7. The molecule has 0 saturated heterocycles. The Morgan fingerprint density at radius 3 is 2.81 bits per heavy atom. The lowest BCUT2D eigenvalue weighted by atomic mass is 9.96. The number of carbonyl (C=O) groups is 1. The summed E-state index contributed by atoms with van der Waals surface area (Å²) in [6.07, 6.45) is 5.36. The molecule has 3 heterocycles. The average Bonchev–Trinajstić information content (AvgIpc) is 3.23. The Labute approximate surface area is 151 Å². The van der Waals surface area contributed by atoms with Gasteiger partial charge in [-0.3, -0.25) is 14.5 Å². The van der Waals surface area contributed by atoms with Gasteiger partial charge in [-0.05, 0) is 48.7 Å². The number of benzene rings is 1. The van der Waals surface area contributed by atoms with Crippen molar-refractivity contribution in [2.75, 3.05) is 11.9 Å². The third kappa shape index (κ3) is 3.18. The Hall–Kier alpha value is -3.15. The highest BCUT2D eigenvalue weighted by atomic mass is 16.5. The molecule has 0 saturated carbocycles. The van der Waals surface area contributed by atoms with Gasteiger partial charge in [-0.2, -0.15) is 5.10 Å². The fourth-order valence-corrected chi connectivity index (χ4v) is 3.09. The molecule has 4 rings (SSSR count). The van der Waals surface area contributed by atoms with E-state index in [-0.39, 0.29) is 11.8 Å². The minimum atomic E-state index is -0.311. The number of ether oxygens (including phenoxy) is 1. The van der Waals surface area contributed by atoms with E-state index >= 15 is 0 Å². The lowest BCUT2D eigenvalue weighted by Gasteiger charge is -2.10. The molecule has 0 fully saturated rings. The van der Waals surface area contributed by atoms with E-state index in [1.165, 1.54) is 5.56 Å². The highest BCUT2D eigenvalue weighted by molar-refractivity contribution is 5.96. The summed E-state index contributed by atoms with van der Waals surface area (Å²) < 4.78 is 7.49. The normalized spacial score (nSPS) is 15.4. The van der Waals surface area contributed by atoms with Crippen LogP contribution in [0.15, 0.2) is 48.9 Å². The number of rotatable bonds is 4. The smallest absolute Gasteiger partial charge is 0.236 e. The van der Waals surface area contributed by atoms with E-state index in [1.54, 1.807) is 23.1 Å². The Kier molecular flexibility index (Phi) is 4.16. The second-order valence-electron chi connectivity index (χ2n) is 6.58. The molecule has 0 aliphatic carbocycles. The molecule has 1 aliphatic heterocycles. The van der Waals surface area contributed by atoms with Gasteiger partial charge in [0.15, 0.2) is 5.82 Å². The second kappa shape index (κ2) is 6.63. The van der Waals surface area contributed by atoms with Crippen LogP contribution in [0, 0.1) is 13.8 Å². The van der Waals surface area contributed by atoms with Crippen LogP contribution >= 0.6 is 0 Å². The fourth-order valence-electron chi connectivity index (χ4n) is 3.09. The zero-order valence-corrected chi connectivity index (χ0v) is 14.8. The van der Waals surface area contributed by atoms with Gasteiger partial charge >= 0.3 is 0 Å². The largest absolute Gasteiger partial charge is 0.492 e. The summed E-state index contributed by atoms with van der Waals surface area (Å²) in [6, 6.07) is 9.73. The van der Waals surface area contributed by atoms with Gasteiger partial charge in [0.1, 0.15) is 18.3 Å². The SMILES string of the molecule is Cc1cc2c(cc1C)C(C(=O)Nc1ccn(Cc3ccncc3)n1)CO2. The number of anilines is 1. The molecule has 1 aliphatic rings. The lowest BCUT2D eigenvalue weighted by Crippen LogP contribution is -2.22. The number of amides is 1. The first-order chi connectivity index (χ1) is 12.6. The van der Waals surface area contributed by atoms with Gasteiger partial charge < -0.3 is 10.1 Å². The number of hydrogen-bond donors (Lipinski definition) is 1. The van der Waals surface area contributed by atoms with E-state index in [0.717, 1.165) is 22.4 Å². The zero-order valence-electron chi connectivity index (χ0n) is 14.8. The van der Waals surface area contributed by atoms with Gasteiger partial charge in [0.2, 0.25) is 5.91 Å². The number of pyridine rings is 1. The molecule has 6 heteroatoms. The molecule has 2 aromatic heterocycles. The number of aromatic nitrogens is 3. The maximum atomic E-state index is 12.7. The third-order valence-corrected chi connectivity index (χ3v) is 4.71. The molecule has 3 aromatic rings. The van der Waals surface area contributed by atoms with Crippen LogP contribution in [0.2, 0.25) is 0 Å². The number of fused-ring (bicyclic) bond motifs is 1. The summed E-state index contributed by atoms with van der Waals surface area (Å²) in [5.41, 5.74) is 4.38. The summed E-state index contributed by atoms with van der Waals surface area (Å²) in [5.74, 6) is 0.939. The first kappa shape index (κ1) is 16.3. The number of hydrogen-bond acceptors (Lipinski definition) is 4. The summed E-state index contributed by atoms with van der Waals surface area (Å²) in [6.45, 7) is 5.08. The Balaban J connectivity index is 1.46. The van der Waals surface area contributed by atoms with E-state index in [1.807, 2.05) is 44.3 Å². The van der Waals surface area contributed by atoms with Crippen molar-refractivity contribution >= 4 is 11.7 Å². The van der Waals surface area contributed by atoms with Gasteiger partial charge in [0.05, 0.1) is 6.54 Å². The first-order valence-electron chi connectivity index (χ1n) is 8.57. The van der Waals surface area contributed by atoms with Crippen molar-refractivity contribution in [3.8, 4) is 5.75 Å². The highest BCUT2D eigenvalue weighted by Crippen LogP contribution is 2.36.